The van der Waals surface area contributed by atoms with Crippen molar-refractivity contribution in [3.8, 4) is 10.4 Å². The highest BCUT2D eigenvalue weighted by atomic mass is 32.1. The number of halogens is 1. The Bertz CT molecular complexity index is 1320. The normalized spacial score (nSPS) is 12.7. The van der Waals surface area contributed by atoms with Crippen LogP contribution in [-0.2, 0) is 0 Å². The summed E-state index contributed by atoms with van der Waals surface area (Å²) in [5.41, 5.74) is 3.94. The van der Waals surface area contributed by atoms with Gasteiger partial charge in [-0.2, -0.15) is 4.37 Å². The van der Waals surface area contributed by atoms with Crippen LogP contribution in [0, 0.1) is 12.7 Å². The molecule has 0 spiro atoms. The number of aromatic nitrogens is 5. The van der Waals surface area contributed by atoms with Gasteiger partial charge in [-0.15, -0.1) is 10.2 Å². The largest absolute Gasteiger partial charge is 0.283 e. The highest BCUT2D eigenvalue weighted by Gasteiger charge is 2.19. The Morgan fingerprint density at radius 2 is 2.00 bits per heavy atom. The first kappa shape index (κ1) is 16.9. The Kier molecular flexibility index (Phi) is 3.91. The Balaban J connectivity index is 1.64. The van der Waals surface area contributed by atoms with Gasteiger partial charge in [-0.25, -0.2) is 4.39 Å². The Hall–Kier alpha value is -3.19. The van der Waals surface area contributed by atoms with E-state index < -0.39 is 5.82 Å². The highest BCUT2D eigenvalue weighted by Crippen LogP contribution is 2.30. The summed E-state index contributed by atoms with van der Waals surface area (Å²) in [6.45, 7) is 3.98. The van der Waals surface area contributed by atoms with Crippen LogP contribution in [0.15, 0.2) is 54.9 Å². The molecule has 138 valence electrons. The lowest BCUT2D eigenvalue weighted by Gasteiger charge is -2.12. The molecule has 0 unspecified atom stereocenters. The number of aryl methyl sites for hydroxylation is 1. The first-order chi connectivity index (χ1) is 13.6. The maximum atomic E-state index is 14.7. The van der Waals surface area contributed by atoms with Gasteiger partial charge in [0.15, 0.2) is 11.5 Å². The standard InChI is InChI=1S/C21H16FN5S/c1-12-8-19(28-26-12)16-10-17(22)21-25-24-20(27(21)11-16)13(2)14-5-6-18-15(9-14)4-3-7-23-18/h3-11,13H,1-2H3/t13-/m1/s1. The lowest BCUT2D eigenvalue weighted by atomic mass is 9.98. The first-order valence-electron chi connectivity index (χ1n) is 8.93. The van der Waals surface area contributed by atoms with Crippen LogP contribution >= 0.6 is 11.5 Å². The van der Waals surface area contributed by atoms with Gasteiger partial charge in [-0.3, -0.25) is 9.38 Å². The molecule has 0 saturated heterocycles. The SMILES string of the molecule is Cc1cc(-c2cc(F)c3nnc([C@H](C)c4ccc5ncccc5c4)n3c2)sn1. The molecule has 28 heavy (non-hydrogen) atoms. The monoisotopic (exact) mass is 389 g/mol. The van der Waals surface area contributed by atoms with E-state index in [4.69, 9.17) is 0 Å². The van der Waals surface area contributed by atoms with Gasteiger partial charge in [-0.1, -0.05) is 19.1 Å². The smallest absolute Gasteiger partial charge is 0.196 e. The minimum absolute atomic E-state index is 0.0579. The molecule has 4 heterocycles. The minimum Gasteiger partial charge on any atom is -0.283 e. The van der Waals surface area contributed by atoms with Gasteiger partial charge in [0.2, 0.25) is 0 Å². The van der Waals surface area contributed by atoms with E-state index in [9.17, 15) is 4.39 Å². The number of rotatable bonds is 3. The number of nitrogens with zero attached hydrogens (tertiary/aromatic N) is 5. The van der Waals surface area contributed by atoms with Crippen molar-refractivity contribution in [3.05, 3.63) is 77.8 Å². The van der Waals surface area contributed by atoms with Gasteiger partial charge in [-0.05, 0) is 54.4 Å². The maximum absolute atomic E-state index is 14.7. The Labute approximate surface area is 164 Å². The van der Waals surface area contributed by atoms with Crippen molar-refractivity contribution in [1.82, 2.24) is 24.0 Å². The van der Waals surface area contributed by atoms with Crippen LogP contribution < -0.4 is 0 Å². The summed E-state index contributed by atoms with van der Waals surface area (Å²) in [6, 6.07) is 13.5. The predicted octanol–water partition coefficient (Wildman–Crippen LogP) is 5.00. The van der Waals surface area contributed by atoms with Crippen LogP contribution in [0.3, 0.4) is 0 Å². The van der Waals surface area contributed by atoms with Gasteiger partial charge in [0.1, 0.15) is 5.82 Å². The molecule has 0 bridgehead atoms. The second-order valence-corrected chi connectivity index (χ2v) is 7.64. The van der Waals surface area contributed by atoms with E-state index >= 15 is 0 Å². The third-order valence-electron chi connectivity index (χ3n) is 4.91. The number of benzene rings is 1. The third-order valence-corrected chi connectivity index (χ3v) is 5.84. The summed E-state index contributed by atoms with van der Waals surface area (Å²) in [6.07, 6.45) is 3.67. The van der Waals surface area contributed by atoms with Gasteiger partial charge < -0.3 is 0 Å². The Morgan fingerprint density at radius 1 is 1.11 bits per heavy atom. The van der Waals surface area contributed by atoms with Crippen LogP contribution in [0.1, 0.15) is 29.9 Å². The fourth-order valence-electron chi connectivity index (χ4n) is 3.41. The van der Waals surface area contributed by atoms with E-state index in [-0.39, 0.29) is 11.6 Å². The number of hydrogen-bond acceptors (Lipinski definition) is 5. The summed E-state index contributed by atoms with van der Waals surface area (Å²) in [5.74, 6) is 0.245. The van der Waals surface area contributed by atoms with Crippen molar-refractivity contribution in [3.63, 3.8) is 0 Å². The van der Waals surface area contributed by atoms with Gasteiger partial charge in [0.05, 0.1) is 16.1 Å². The van der Waals surface area contributed by atoms with Crippen molar-refractivity contribution in [2.24, 2.45) is 0 Å². The van der Waals surface area contributed by atoms with Crippen molar-refractivity contribution >= 4 is 28.1 Å². The highest BCUT2D eigenvalue weighted by molar-refractivity contribution is 7.09. The zero-order valence-electron chi connectivity index (χ0n) is 15.3. The summed E-state index contributed by atoms with van der Waals surface area (Å²) in [4.78, 5) is 5.28. The van der Waals surface area contributed by atoms with Crippen LogP contribution in [0.25, 0.3) is 27.0 Å². The zero-order valence-corrected chi connectivity index (χ0v) is 16.1. The topological polar surface area (TPSA) is 56.0 Å². The number of fused-ring (bicyclic) bond motifs is 2. The van der Waals surface area contributed by atoms with Crippen LogP contribution in [0.4, 0.5) is 4.39 Å². The molecule has 5 aromatic rings. The lowest BCUT2D eigenvalue weighted by Crippen LogP contribution is -2.03. The molecule has 0 N–H and O–H groups in total. The zero-order chi connectivity index (χ0) is 19.3. The average Bonchev–Trinajstić information content (AvgIpc) is 3.33. The molecule has 0 aliphatic carbocycles. The molecule has 0 aliphatic rings. The van der Waals surface area contributed by atoms with Crippen molar-refractivity contribution in [1.29, 1.82) is 0 Å². The van der Waals surface area contributed by atoms with Crippen LogP contribution in [0.2, 0.25) is 0 Å². The fourth-order valence-corrected chi connectivity index (χ4v) is 4.15. The average molecular weight is 389 g/mol. The first-order valence-corrected chi connectivity index (χ1v) is 9.70. The lowest BCUT2D eigenvalue weighted by molar-refractivity contribution is 0.629. The van der Waals surface area contributed by atoms with E-state index in [1.54, 1.807) is 10.6 Å². The van der Waals surface area contributed by atoms with Gasteiger partial charge in [0, 0.05) is 29.3 Å². The molecule has 0 amide bonds. The minimum atomic E-state index is -0.391. The molecule has 5 rings (SSSR count). The van der Waals surface area contributed by atoms with Crippen molar-refractivity contribution in [2.45, 2.75) is 19.8 Å². The molecule has 1 aromatic carbocycles. The van der Waals surface area contributed by atoms with E-state index in [0.717, 1.165) is 32.6 Å². The molecule has 1 atom stereocenters. The molecule has 0 saturated carbocycles. The summed E-state index contributed by atoms with van der Waals surface area (Å²) in [5, 5.41) is 9.44. The summed E-state index contributed by atoms with van der Waals surface area (Å²) < 4.78 is 20.7. The number of hydrogen-bond donors (Lipinski definition) is 0. The molecule has 0 aliphatic heterocycles. The van der Waals surface area contributed by atoms with Crippen molar-refractivity contribution in [2.75, 3.05) is 0 Å². The predicted molar refractivity (Wildman–Crippen MR) is 108 cm³/mol. The van der Waals surface area contributed by atoms with Gasteiger partial charge in [0.25, 0.3) is 0 Å². The molecule has 0 fully saturated rings. The summed E-state index contributed by atoms with van der Waals surface area (Å²) >= 11 is 1.36. The number of pyridine rings is 2. The quantitative estimate of drug-likeness (QED) is 0.436. The van der Waals surface area contributed by atoms with E-state index in [1.807, 2.05) is 43.5 Å². The van der Waals surface area contributed by atoms with E-state index in [0.29, 0.717) is 5.82 Å². The van der Waals surface area contributed by atoms with E-state index in [1.165, 1.54) is 17.6 Å². The Morgan fingerprint density at radius 3 is 2.82 bits per heavy atom. The second kappa shape index (κ2) is 6.45. The molecule has 0 radical (unpaired) electrons. The van der Waals surface area contributed by atoms with Crippen molar-refractivity contribution < 1.29 is 4.39 Å². The third kappa shape index (κ3) is 2.75. The van der Waals surface area contributed by atoms with Crippen LogP contribution in [-0.4, -0.2) is 24.0 Å². The molecular formula is C21H16FN5S. The second-order valence-electron chi connectivity index (χ2n) is 6.84. The molecule has 4 aromatic heterocycles. The van der Waals surface area contributed by atoms with E-state index in [2.05, 4.69) is 32.5 Å². The van der Waals surface area contributed by atoms with Gasteiger partial charge >= 0.3 is 0 Å². The molecular weight excluding hydrogens is 373 g/mol. The fraction of sp³-hybridized carbons (Fsp3) is 0.143. The molecule has 5 nitrogen and oxygen atoms in total. The maximum Gasteiger partial charge on any atom is 0.196 e. The summed E-state index contributed by atoms with van der Waals surface area (Å²) in [7, 11) is 0. The van der Waals surface area contributed by atoms with Crippen LogP contribution in [0.5, 0.6) is 0 Å². The molecule has 7 heteroatoms.